The first-order chi connectivity index (χ1) is 12.6. The van der Waals surface area contributed by atoms with E-state index < -0.39 is 0 Å². The molecule has 2 heterocycles. The minimum atomic E-state index is -0.308. The van der Waals surface area contributed by atoms with Crippen molar-refractivity contribution in [3.63, 3.8) is 0 Å². The van der Waals surface area contributed by atoms with Crippen molar-refractivity contribution in [2.24, 2.45) is 0 Å². The highest BCUT2D eigenvalue weighted by molar-refractivity contribution is 7.99. The average Bonchev–Trinajstić information content (AvgIpc) is 3.14. The Morgan fingerprint density at radius 2 is 2.07 bits per heavy atom. The molecule has 1 unspecified atom stereocenters. The number of hydrogen-bond donors (Lipinski definition) is 1. The Bertz CT molecular complexity index is 675. The first-order valence-corrected chi connectivity index (χ1v) is 10.4. The summed E-state index contributed by atoms with van der Waals surface area (Å²) in [4.78, 5) is 30.5. The Labute approximate surface area is 166 Å². The largest absolute Gasteiger partial charge is 0.376 e. The van der Waals surface area contributed by atoms with E-state index in [-0.39, 0.29) is 35.8 Å². The number of carbonyl (C=O) groups is 2. The summed E-state index contributed by atoms with van der Waals surface area (Å²) in [6, 6.07) is 0. The number of rotatable bonds is 7. The summed E-state index contributed by atoms with van der Waals surface area (Å²) in [6.45, 7) is 11.4. The Hall–Kier alpha value is -1.54. The van der Waals surface area contributed by atoms with Gasteiger partial charge in [-0.2, -0.15) is 0 Å². The standard InChI is InChI=1S/C19H32N4O3S/c1-13-14(2)23(10-15-8-7-9-26-15)18(20-13)27-12-17(25)22(6)11-16(24)21-19(3,4)5/h15H,7-12H2,1-6H3,(H,21,24). The maximum atomic E-state index is 12.4. The predicted molar refractivity (Wildman–Crippen MR) is 107 cm³/mol. The molecule has 1 saturated heterocycles. The summed E-state index contributed by atoms with van der Waals surface area (Å²) in [5, 5.41) is 3.70. The highest BCUT2D eigenvalue weighted by Gasteiger charge is 2.22. The fraction of sp³-hybridized carbons (Fsp3) is 0.737. The van der Waals surface area contributed by atoms with E-state index in [1.54, 1.807) is 7.05 Å². The van der Waals surface area contributed by atoms with Crippen LogP contribution < -0.4 is 5.32 Å². The number of hydrogen-bond acceptors (Lipinski definition) is 5. The number of nitrogens with zero attached hydrogens (tertiary/aromatic N) is 3. The molecule has 1 aliphatic heterocycles. The van der Waals surface area contributed by atoms with Crippen molar-refractivity contribution in [1.29, 1.82) is 0 Å². The Morgan fingerprint density at radius 3 is 2.67 bits per heavy atom. The predicted octanol–water partition coefficient (Wildman–Crippen LogP) is 2.14. The van der Waals surface area contributed by atoms with Crippen molar-refractivity contribution >= 4 is 23.6 Å². The van der Waals surface area contributed by atoms with Crippen LogP contribution in [0.3, 0.4) is 0 Å². The number of thioether (sulfide) groups is 1. The summed E-state index contributed by atoms with van der Waals surface area (Å²) in [6.07, 6.45) is 2.38. The van der Waals surface area contributed by atoms with Gasteiger partial charge in [-0.05, 0) is 47.5 Å². The molecule has 1 aromatic rings. The lowest BCUT2D eigenvalue weighted by Gasteiger charge is -2.23. The molecule has 7 nitrogen and oxygen atoms in total. The third-order valence-corrected chi connectivity index (χ3v) is 5.44. The van der Waals surface area contributed by atoms with E-state index in [0.717, 1.165) is 42.5 Å². The summed E-state index contributed by atoms with van der Waals surface area (Å²) < 4.78 is 7.89. The molecular formula is C19H32N4O3S. The van der Waals surface area contributed by atoms with Crippen LogP contribution in [-0.4, -0.2) is 63.9 Å². The number of ether oxygens (including phenoxy) is 1. The van der Waals surface area contributed by atoms with E-state index in [4.69, 9.17) is 4.74 Å². The van der Waals surface area contributed by atoms with Gasteiger partial charge in [-0.15, -0.1) is 0 Å². The fourth-order valence-corrected chi connectivity index (χ4v) is 3.98. The molecule has 0 aliphatic carbocycles. The smallest absolute Gasteiger partial charge is 0.240 e. The zero-order valence-corrected chi connectivity index (χ0v) is 18.1. The van der Waals surface area contributed by atoms with E-state index in [9.17, 15) is 9.59 Å². The third-order valence-electron chi connectivity index (χ3n) is 4.48. The average molecular weight is 397 g/mol. The molecule has 0 radical (unpaired) electrons. The Balaban J connectivity index is 1.92. The molecule has 152 valence electrons. The second-order valence-corrected chi connectivity index (χ2v) is 9.09. The molecule has 2 amide bonds. The molecule has 1 N–H and O–H groups in total. The van der Waals surface area contributed by atoms with Gasteiger partial charge in [-0.3, -0.25) is 9.59 Å². The van der Waals surface area contributed by atoms with Gasteiger partial charge in [0.15, 0.2) is 5.16 Å². The van der Waals surface area contributed by atoms with Gasteiger partial charge in [-0.25, -0.2) is 4.98 Å². The van der Waals surface area contributed by atoms with Crippen molar-refractivity contribution in [2.75, 3.05) is 26.0 Å². The lowest BCUT2D eigenvalue weighted by molar-refractivity contribution is -0.133. The van der Waals surface area contributed by atoms with Crippen LogP contribution in [-0.2, 0) is 20.9 Å². The molecule has 1 fully saturated rings. The van der Waals surface area contributed by atoms with Crippen molar-refractivity contribution in [2.45, 2.75) is 70.8 Å². The highest BCUT2D eigenvalue weighted by atomic mass is 32.2. The van der Waals surface area contributed by atoms with Gasteiger partial charge >= 0.3 is 0 Å². The van der Waals surface area contributed by atoms with Crippen molar-refractivity contribution in [3.05, 3.63) is 11.4 Å². The molecule has 1 aromatic heterocycles. The minimum Gasteiger partial charge on any atom is -0.376 e. The molecule has 0 spiro atoms. The molecule has 1 aliphatic rings. The van der Waals surface area contributed by atoms with E-state index in [1.807, 2.05) is 34.6 Å². The third kappa shape index (κ3) is 6.53. The maximum Gasteiger partial charge on any atom is 0.240 e. The van der Waals surface area contributed by atoms with Crippen LogP contribution in [0, 0.1) is 13.8 Å². The number of amides is 2. The van der Waals surface area contributed by atoms with Gasteiger partial charge in [0.1, 0.15) is 0 Å². The Morgan fingerprint density at radius 1 is 1.37 bits per heavy atom. The fourth-order valence-electron chi connectivity index (χ4n) is 2.94. The van der Waals surface area contributed by atoms with Crippen LogP contribution in [0.5, 0.6) is 0 Å². The molecule has 8 heteroatoms. The zero-order chi connectivity index (χ0) is 20.2. The SMILES string of the molecule is Cc1nc(SCC(=O)N(C)CC(=O)NC(C)(C)C)n(CC2CCCO2)c1C. The van der Waals surface area contributed by atoms with Gasteiger partial charge in [0.2, 0.25) is 11.8 Å². The van der Waals surface area contributed by atoms with Crippen molar-refractivity contribution in [3.8, 4) is 0 Å². The lowest BCUT2D eigenvalue weighted by atomic mass is 10.1. The number of nitrogens with one attached hydrogen (secondary N) is 1. The highest BCUT2D eigenvalue weighted by Crippen LogP contribution is 2.24. The number of aryl methyl sites for hydroxylation is 1. The molecule has 27 heavy (non-hydrogen) atoms. The van der Waals surface area contributed by atoms with Crippen LogP contribution in [0.15, 0.2) is 5.16 Å². The normalized spacial score (nSPS) is 17.2. The molecule has 0 bridgehead atoms. The summed E-state index contributed by atoms with van der Waals surface area (Å²) >= 11 is 1.42. The quantitative estimate of drug-likeness (QED) is 0.715. The molecule has 1 atom stereocenters. The van der Waals surface area contributed by atoms with Gasteiger partial charge in [0.25, 0.3) is 0 Å². The second kappa shape index (κ2) is 9.10. The monoisotopic (exact) mass is 396 g/mol. The minimum absolute atomic E-state index is 0.0546. The van der Waals surface area contributed by atoms with Gasteiger partial charge in [-0.1, -0.05) is 11.8 Å². The van der Waals surface area contributed by atoms with Crippen LogP contribution in [0.25, 0.3) is 0 Å². The van der Waals surface area contributed by atoms with Gasteiger partial charge in [0.05, 0.1) is 30.6 Å². The zero-order valence-electron chi connectivity index (χ0n) is 17.3. The van der Waals surface area contributed by atoms with Gasteiger partial charge < -0.3 is 19.5 Å². The maximum absolute atomic E-state index is 12.4. The number of imidazole rings is 1. The van der Waals surface area contributed by atoms with E-state index >= 15 is 0 Å². The number of likely N-dealkylation sites (N-methyl/N-ethyl adjacent to an activating group) is 1. The van der Waals surface area contributed by atoms with Crippen LogP contribution in [0.4, 0.5) is 0 Å². The molecule has 0 aromatic carbocycles. The van der Waals surface area contributed by atoms with Crippen molar-refractivity contribution in [1.82, 2.24) is 19.8 Å². The Kier molecular flexibility index (Phi) is 7.33. The first kappa shape index (κ1) is 21.8. The van der Waals surface area contributed by atoms with Crippen molar-refractivity contribution < 1.29 is 14.3 Å². The van der Waals surface area contributed by atoms with E-state index in [0.29, 0.717) is 0 Å². The first-order valence-electron chi connectivity index (χ1n) is 9.40. The van der Waals surface area contributed by atoms with Crippen LogP contribution in [0.2, 0.25) is 0 Å². The molecule has 2 rings (SSSR count). The van der Waals surface area contributed by atoms with Crippen LogP contribution >= 0.6 is 11.8 Å². The summed E-state index contributed by atoms with van der Waals surface area (Å²) in [5.41, 5.74) is 1.77. The molecular weight excluding hydrogens is 364 g/mol. The second-order valence-electron chi connectivity index (χ2n) is 8.15. The topological polar surface area (TPSA) is 76.5 Å². The number of carbonyl (C=O) groups excluding carboxylic acids is 2. The molecule has 0 saturated carbocycles. The van der Waals surface area contributed by atoms with Gasteiger partial charge in [0, 0.05) is 24.9 Å². The van der Waals surface area contributed by atoms with E-state index in [1.165, 1.54) is 16.7 Å². The van der Waals surface area contributed by atoms with Crippen LogP contribution in [0.1, 0.15) is 45.0 Å². The van der Waals surface area contributed by atoms with E-state index in [2.05, 4.69) is 14.9 Å². The number of aromatic nitrogens is 2. The summed E-state index contributed by atoms with van der Waals surface area (Å²) in [7, 11) is 1.65. The summed E-state index contributed by atoms with van der Waals surface area (Å²) in [5.74, 6) is 0.00159. The lowest BCUT2D eigenvalue weighted by Crippen LogP contribution is -2.46.